The Balaban J connectivity index is 1.48. The first-order valence-corrected chi connectivity index (χ1v) is 12.0. The zero-order valence-corrected chi connectivity index (χ0v) is 19.7. The molecule has 2 aromatic heterocycles. The number of aryl methyl sites for hydroxylation is 2. The predicted molar refractivity (Wildman–Crippen MR) is 127 cm³/mol. The molecule has 0 bridgehead atoms. The van der Waals surface area contributed by atoms with Crippen LogP contribution in [0.4, 0.5) is 4.39 Å². The molecule has 0 saturated carbocycles. The number of amides is 1. The van der Waals surface area contributed by atoms with Gasteiger partial charge >= 0.3 is 0 Å². The first kappa shape index (κ1) is 22.2. The van der Waals surface area contributed by atoms with E-state index in [-0.39, 0.29) is 11.7 Å². The second-order valence-electron chi connectivity index (χ2n) is 8.24. The number of carbonyl (C=O) groups excluding carboxylic acids is 1. The van der Waals surface area contributed by atoms with Crippen LogP contribution in [0.25, 0.3) is 5.69 Å². The molecular formula is C25H23FN6OS. The normalized spacial score (nSPS) is 13.1. The van der Waals surface area contributed by atoms with Gasteiger partial charge in [-0.2, -0.15) is 0 Å². The molecule has 0 aliphatic carbocycles. The maximum atomic E-state index is 13.6. The van der Waals surface area contributed by atoms with Gasteiger partial charge in [0.1, 0.15) is 5.82 Å². The minimum absolute atomic E-state index is 0.167. The number of fused-ring (bicyclic) bond motifs is 1. The van der Waals surface area contributed by atoms with Crippen LogP contribution in [-0.4, -0.2) is 42.3 Å². The highest BCUT2D eigenvalue weighted by molar-refractivity contribution is 7.98. The van der Waals surface area contributed by atoms with Crippen LogP contribution in [0.15, 0.2) is 59.8 Å². The Hall–Kier alpha value is -3.59. The van der Waals surface area contributed by atoms with Gasteiger partial charge in [-0.3, -0.25) is 4.79 Å². The molecule has 34 heavy (non-hydrogen) atoms. The Labute approximate surface area is 201 Å². The summed E-state index contributed by atoms with van der Waals surface area (Å²) < 4.78 is 15.1. The quantitative estimate of drug-likeness (QED) is 0.317. The van der Waals surface area contributed by atoms with Crippen molar-refractivity contribution < 1.29 is 9.18 Å². The highest BCUT2D eigenvalue weighted by Crippen LogP contribution is 2.26. The maximum Gasteiger partial charge on any atom is 0.276 e. The van der Waals surface area contributed by atoms with E-state index in [1.54, 1.807) is 16.8 Å². The standard InChI is InChI=1S/C25H23FN6OS/c1-16-13-17(2)28-25(27-16)34-15-22-23(29-30-32(22)21-9-7-20(26)8-10-21)24(33)31-12-11-18-5-3-4-6-19(18)14-31/h3-10,13H,11-12,14-15H2,1-2H3. The minimum Gasteiger partial charge on any atom is -0.333 e. The molecule has 1 aliphatic rings. The molecule has 0 radical (unpaired) electrons. The summed E-state index contributed by atoms with van der Waals surface area (Å²) in [7, 11) is 0. The van der Waals surface area contributed by atoms with Crippen molar-refractivity contribution in [3.63, 3.8) is 0 Å². The second kappa shape index (κ2) is 9.34. The van der Waals surface area contributed by atoms with Gasteiger partial charge in [-0.15, -0.1) is 5.10 Å². The molecule has 0 spiro atoms. The molecule has 2 aromatic carbocycles. The summed E-state index contributed by atoms with van der Waals surface area (Å²) in [5, 5.41) is 9.15. The molecule has 1 amide bonds. The lowest BCUT2D eigenvalue weighted by Crippen LogP contribution is -2.36. The molecule has 0 atom stereocenters. The molecule has 3 heterocycles. The average Bonchev–Trinajstić information content (AvgIpc) is 3.25. The van der Waals surface area contributed by atoms with Crippen molar-refractivity contribution in [3.05, 3.63) is 94.3 Å². The molecule has 9 heteroatoms. The molecular weight excluding hydrogens is 451 g/mol. The molecule has 7 nitrogen and oxygen atoms in total. The van der Waals surface area contributed by atoms with Crippen molar-refractivity contribution in [3.8, 4) is 5.69 Å². The van der Waals surface area contributed by atoms with Gasteiger partial charge in [0.25, 0.3) is 5.91 Å². The van der Waals surface area contributed by atoms with Crippen LogP contribution in [0, 0.1) is 19.7 Å². The first-order valence-electron chi connectivity index (χ1n) is 11.0. The van der Waals surface area contributed by atoms with Gasteiger partial charge in [0, 0.05) is 30.2 Å². The number of thioether (sulfide) groups is 1. The zero-order valence-electron chi connectivity index (χ0n) is 18.9. The number of benzene rings is 2. The summed E-state index contributed by atoms with van der Waals surface area (Å²) in [5.74, 6) is -0.120. The summed E-state index contributed by atoms with van der Waals surface area (Å²) in [4.78, 5) is 24.4. The summed E-state index contributed by atoms with van der Waals surface area (Å²) >= 11 is 1.42. The van der Waals surface area contributed by atoms with E-state index >= 15 is 0 Å². The van der Waals surface area contributed by atoms with Gasteiger partial charge in [-0.05, 0) is 61.7 Å². The van der Waals surface area contributed by atoms with E-state index in [2.05, 4.69) is 32.4 Å². The van der Waals surface area contributed by atoms with Gasteiger partial charge in [0.2, 0.25) is 0 Å². The van der Waals surface area contributed by atoms with Crippen LogP contribution < -0.4 is 0 Å². The van der Waals surface area contributed by atoms with Crippen molar-refractivity contribution in [2.24, 2.45) is 0 Å². The van der Waals surface area contributed by atoms with Gasteiger partial charge in [0.05, 0.1) is 11.4 Å². The topological polar surface area (TPSA) is 76.8 Å². The predicted octanol–water partition coefficient (Wildman–Crippen LogP) is 4.30. The highest BCUT2D eigenvalue weighted by atomic mass is 32.2. The molecule has 0 saturated heterocycles. The van der Waals surface area contributed by atoms with Crippen molar-refractivity contribution >= 4 is 17.7 Å². The van der Waals surface area contributed by atoms with Crippen LogP contribution >= 0.6 is 11.8 Å². The maximum absolute atomic E-state index is 13.6. The third kappa shape index (κ3) is 4.56. The molecule has 4 aromatic rings. The van der Waals surface area contributed by atoms with Crippen LogP contribution in [0.2, 0.25) is 0 Å². The number of halogens is 1. The van der Waals surface area contributed by atoms with Gasteiger partial charge in [0.15, 0.2) is 10.9 Å². The average molecular weight is 475 g/mol. The number of nitrogens with zero attached hydrogens (tertiary/aromatic N) is 6. The number of carbonyl (C=O) groups is 1. The number of aromatic nitrogens is 5. The minimum atomic E-state index is -0.341. The van der Waals surface area contributed by atoms with Crippen LogP contribution in [0.5, 0.6) is 0 Å². The van der Waals surface area contributed by atoms with Crippen molar-refractivity contribution in [2.45, 2.75) is 37.7 Å². The zero-order chi connectivity index (χ0) is 23.7. The Morgan fingerprint density at radius 1 is 1.03 bits per heavy atom. The smallest absolute Gasteiger partial charge is 0.276 e. The Kier molecular flexibility index (Phi) is 6.10. The highest BCUT2D eigenvalue weighted by Gasteiger charge is 2.28. The number of rotatable bonds is 5. The summed E-state index contributed by atoms with van der Waals surface area (Å²) in [6.45, 7) is 5.00. The SMILES string of the molecule is Cc1cc(C)nc(SCc2c(C(=O)N3CCc4ccccc4C3)nnn2-c2ccc(F)cc2)n1. The number of hydrogen-bond donors (Lipinski definition) is 0. The summed E-state index contributed by atoms with van der Waals surface area (Å²) in [5.41, 5.74) is 5.72. The Morgan fingerprint density at radius 2 is 1.74 bits per heavy atom. The Bertz CT molecular complexity index is 1330. The lowest BCUT2D eigenvalue weighted by molar-refractivity contribution is 0.0727. The van der Waals surface area contributed by atoms with Gasteiger partial charge in [-0.25, -0.2) is 19.0 Å². The number of hydrogen-bond acceptors (Lipinski definition) is 6. The molecule has 5 rings (SSSR count). The third-order valence-corrected chi connectivity index (χ3v) is 6.61. The molecule has 0 fully saturated rings. The van der Waals surface area contributed by atoms with E-state index in [0.29, 0.717) is 41.1 Å². The summed E-state index contributed by atoms with van der Waals surface area (Å²) in [6.07, 6.45) is 0.800. The van der Waals surface area contributed by atoms with Gasteiger partial charge in [-0.1, -0.05) is 41.2 Å². The lowest BCUT2D eigenvalue weighted by atomic mass is 10.00. The first-order chi connectivity index (χ1) is 16.5. The van der Waals surface area contributed by atoms with E-state index < -0.39 is 0 Å². The Morgan fingerprint density at radius 3 is 2.47 bits per heavy atom. The van der Waals surface area contributed by atoms with E-state index in [1.807, 2.05) is 36.9 Å². The monoisotopic (exact) mass is 474 g/mol. The van der Waals surface area contributed by atoms with E-state index in [4.69, 9.17) is 0 Å². The fraction of sp³-hybridized carbons (Fsp3) is 0.240. The second-order valence-corrected chi connectivity index (χ2v) is 9.18. The van der Waals surface area contributed by atoms with Crippen LogP contribution in [0.3, 0.4) is 0 Å². The summed E-state index contributed by atoms with van der Waals surface area (Å²) in [6, 6.07) is 16.1. The van der Waals surface area contributed by atoms with E-state index in [1.165, 1.54) is 29.5 Å². The van der Waals surface area contributed by atoms with Gasteiger partial charge < -0.3 is 4.90 Å². The van der Waals surface area contributed by atoms with Crippen molar-refractivity contribution in [2.75, 3.05) is 6.54 Å². The molecule has 172 valence electrons. The molecule has 0 N–H and O–H groups in total. The fourth-order valence-corrected chi connectivity index (χ4v) is 5.04. The van der Waals surface area contributed by atoms with E-state index in [0.717, 1.165) is 23.4 Å². The molecule has 1 aliphatic heterocycles. The largest absolute Gasteiger partial charge is 0.333 e. The third-order valence-electron chi connectivity index (χ3n) is 5.75. The lowest BCUT2D eigenvalue weighted by Gasteiger charge is -2.28. The van der Waals surface area contributed by atoms with Crippen molar-refractivity contribution in [1.29, 1.82) is 0 Å². The fourth-order valence-electron chi connectivity index (χ4n) is 4.10. The van der Waals surface area contributed by atoms with Crippen LogP contribution in [0.1, 0.15) is 38.7 Å². The molecule has 0 unspecified atom stereocenters. The van der Waals surface area contributed by atoms with Crippen molar-refractivity contribution in [1.82, 2.24) is 29.9 Å². The van der Waals surface area contributed by atoms with E-state index in [9.17, 15) is 9.18 Å². The van der Waals surface area contributed by atoms with Crippen LogP contribution in [-0.2, 0) is 18.7 Å².